The summed E-state index contributed by atoms with van der Waals surface area (Å²) in [6.07, 6.45) is 3.11. The van der Waals surface area contributed by atoms with Gasteiger partial charge in [-0.3, -0.25) is 19.3 Å². The summed E-state index contributed by atoms with van der Waals surface area (Å²) in [5, 5.41) is 29.2. The van der Waals surface area contributed by atoms with Crippen molar-refractivity contribution in [2.75, 3.05) is 12.4 Å². The van der Waals surface area contributed by atoms with Crippen LogP contribution in [-0.2, 0) is 27.2 Å². The Bertz CT molecular complexity index is 1800. The minimum atomic E-state index is -1.80. The normalized spacial score (nSPS) is 14.6. The van der Waals surface area contributed by atoms with Gasteiger partial charge < -0.3 is 21.3 Å². The number of thiol groups is 1. The predicted molar refractivity (Wildman–Crippen MR) is 225 cm³/mol. The number of amides is 3. The zero-order chi connectivity index (χ0) is 38.9. The van der Waals surface area contributed by atoms with Crippen molar-refractivity contribution >= 4 is 83.8 Å². The SMILES string of the molecule is CC(C)CCCCC(=O)N(C(=O)[C@H](CCS)NC(=O)C(Cc1ccc2ccccc2c1Br)Cc1ccc2ccccc2c1Br)[C@H](CO)[C@@](C)(O)[C@H](C)N. The molecule has 5 N–H and O–H groups in total. The third-order valence-corrected chi connectivity index (χ3v) is 12.4. The molecule has 11 heteroatoms. The number of carbonyl (C=O) groups is 3. The summed E-state index contributed by atoms with van der Waals surface area (Å²) in [4.78, 5) is 43.9. The molecule has 0 saturated heterocycles. The van der Waals surface area contributed by atoms with Crippen LogP contribution in [0.1, 0.15) is 70.9 Å². The summed E-state index contributed by atoms with van der Waals surface area (Å²) in [7, 11) is 0. The van der Waals surface area contributed by atoms with Crippen LogP contribution in [-0.4, -0.2) is 68.9 Å². The van der Waals surface area contributed by atoms with Gasteiger partial charge in [0.2, 0.25) is 11.8 Å². The number of aliphatic hydroxyl groups excluding tert-OH is 1. The number of benzene rings is 4. The van der Waals surface area contributed by atoms with Crippen LogP contribution >= 0.6 is 44.5 Å². The number of hydrogen-bond acceptors (Lipinski definition) is 7. The van der Waals surface area contributed by atoms with Crippen molar-refractivity contribution in [3.8, 4) is 0 Å². The van der Waals surface area contributed by atoms with E-state index in [2.05, 4.69) is 63.7 Å². The van der Waals surface area contributed by atoms with Crippen LogP contribution in [0, 0.1) is 11.8 Å². The highest BCUT2D eigenvalue weighted by atomic mass is 79.9. The number of halogens is 2. The zero-order valence-electron chi connectivity index (χ0n) is 31.0. The first-order valence-electron chi connectivity index (χ1n) is 18.4. The highest BCUT2D eigenvalue weighted by Crippen LogP contribution is 2.33. The fraction of sp³-hybridized carbons (Fsp3) is 0.452. The first-order chi connectivity index (χ1) is 25.2. The predicted octanol–water partition coefficient (Wildman–Crippen LogP) is 7.75. The maximum absolute atomic E-state index is 14.6. The lowest BCUT2D eigenvalue weighted by Crippen LogP contribution is -2.65. The Morgan fingerprint density at radius 2 is 1.38 bits per heavy atom. The van der Waals surface area contributed by atoms with Gasteiger partial charge in [-0.2, -0.15) is 12.6 Å². The average Bonchev–Trinajstić information content (AvgIpc) is 3.13. The summed E-state index contributed by atoms with van der Waals surface area (Å²) in [5.74, 6) is -1.54. The van der Waals surface area contributed by atoms with Crippen LogP contribution in [0.15, 0.2) is 81.7 Å². The van der Waals surface area contributed by atoms with E-state index in [1.807, 2.05) is 72.8 Å². The Kier molecular flexibility index (Phi) is 15.9. The second-order valence-electron chi connectivity index (χ2n) is 14.7. The summed E-state index contributed by atoms with van der Waals surface area (Å²) in [6, 6.07) is 20.8. The number of nitrogens with one attached hydrogen (secondary N) is 1. The largest absolute Gasteiger partial charge is 0.394 e. The molecule has 0 aliphatic rings. The van der Waals surface area contributed by atoms with Crippen molar-refractivity contribution in [2.45, 2.75) is 96.4 Å². The Labute approximate surface area is 335 Å². The molecule has 0 heterocycles. The molecule has 8 nitrogen and oxygen atoms in total. The second kappa shape index (κ2) is 19.7. The Morgan fingerprint density at radius 3 is 1.85 bits per heavy atom. The number of carbonyl (C=O) groups excluding carboxylic acids is 3. The zero-order valence-corrected chi connectivity index (χ0v) is 35.1. The minimum absolute atomic E-state index is 0.0418. The lowest BCUT2D eigenvalue weighted by atomic mass is 9.87. The number of imide groups is 1. The number of nitrogens with two attached hydrogens (primary N) is 1. The molecular formula is C42H53Br2N3O5S. The summed E-state index contributed by atoms with van der Waals surface area (Å²) in [6.45, 7) is 6.49. The molecule has 0 aliphatic heterocycles. The maximum atomic E-state index is 14.6. The van der Waals surface area contributed by atoms with E-state index in [0.717, 1.165) is 59.4 Å². The van der Waals surface area contributed by atoms with Crippen LogP contribution in [0.4, 0.5) is 0 Å². The highest BCUT2D eigenvalue weighted by molar-refractivity contribution is 9.11. The van der Waals surface area contributed by atoms with E-state index in [9.17, 15) is 24.6 Å². The highest BCUT2D eigenvalue weighted by Gasteiger charge is 2.45. The number of hydrogen-bond donors (Lipinski definition) is 5. The molecule has 0 saturated carbocycles. The Balaban J connectivity index is 1.72. The summed E-state index contributed by atoms with van der Waals surface area (Å²) >= 11 is 12.0. The number of aliphatic hydroxyl groups is 2. The van der Waals surface area contributed by atoms with Crippen molar-refractivity contribution in [1.82, 2.24) is 10.2 Å². The lowest BCUT2D eigenvalue weighted by Gasteiger charge is -2.42. The maximum Gasteiger partial charge on any atom is 0.252 e. The van der Waals surface area contributed by atoms with Crippen LogP contribution in [0.5, 0.6) is 0 Å². The van der Waals surface area contributed by atoms with Crippen LogP contribution in [0.3, 0.4) is 0 Å². The van der Waals surface area contributed by atoms with E-state index in [4.69, 9.17) is 5.73 Å². The quantitative estimate of drug-likeness (QED) is 0.0514. The standard InChI is InChI=1S/C42H53Br2N3O5S/c1-26(2)11-5-10-16-37(49)47(36(25-48)42(4,52)27(3)45)41(51)35(21-22-53)46-40(50)32(23-30-19-17-28-12-6-8-14-33(28)38(30)43)24-31-20-18-29-13-7-9-15-34(29)39(31)44/h6-9,12-15,17-20,26-27,32,35-36,48,52-53H,5,10-11,16,21-25,45H2,1-4H3,(H,46,50)/t27-,35-,36+,42-/m0/s1. The van der Waals surface area contributed by atoms with E-state index >= 15 is 0 Å². The number of rotatable bonds is 18. The molecule has 0 radical (unpaired) electrons. The third kappa shape index (κ3) is 10.7. The minimum Gasteiger partial charge on any atom is -0.394 e. The van der Waals surface area contributed by atoms with Crippen molar-refractivity contribution < 1.29 is 24.6 Å². The van der Waals surface area contributed by atoms with Gasteiger partial charge >= 0.3 is 0 Å². The molecule has 0 aliphatic carbocycles. The number of unbranched alkanes of at least 4 members (excludes halogenated alkanes) is 1. The summed E-state index contributed by atoms with van der Waals surface area (Å²) < 4.78 is 1.79. The molecule has 0 spiro atoms. The van der Waals surface area contributed by atoms with E-state index in [1.54, 1.807) is 6.92 Å². The van der Waals surface area contributed by atoms with E-state index in [0.29, 0.717) is 25.2 Å². The third-order valence-electron chi connectivity index (χ3n) is 10.2. The first kappa shape index (κ1) is 42.9. The van der Waals surface area contributed by atoms with Gasteiger partial charge in [0.15, 0.2) is 0 Å². The monoisotopic (exact) mass is 869 g/mol. The molecular weight excluding hydrogens is 818 g/mol. The topological polar surface area (TPSA) is 133 Å². The molecule has 4 atom stereocenters. The second-order valence-corrected chi connectivity index (χ2v) is 16.7. The van der Waals surface area contributed by atoms with Gasteiger partial charge in [-0.15, -0.1) is 0 Å². The molecule has 286 valence electrons. The van der Waals surface area contributed by atoms with Crippen molar-refractivity contribution in [1.29, 1.82) is 0 Å². The summed E-state index contributed by atoms with van der Waals surface area (Å²) in [5.41, 5.74) is 6.20. The smallest absolute Gasteiger partial charge is 0.252 e. The molecule has 53 heavy (non-hydrogen) atoms. The van der Waals surface area contributed by atoms with Gasteiger partial charge in [0.05, 0.1) is 18.2 Å². The fourth-order valence-corrected chi connectivity index (χ4v) is 8.30. The van der Waals surface area contributed by atoms with Gasteiger partial charge in [0.1, 0.15) is 6.04 Å². The lowest BCUT2D eigenvalue weighted by molar-refractivity contribution is -0.160. The van der Waals surface area contributed by atoms with Gasteiger partial charge in [0, 0.05) is 27.3 Å². The van der Waals surface area contributed by atoms with Gasteiger partial charge in [-0.05, 0) is 116 Å². The van der Waals surface area contributed by atoms with Crippen LogP contribution < -0.4 is 11.1 Å². The van der Waals surface area contributed by atoms with Crippen LogP contribution in [0.2, 0.25) is 0 Å². The Hall–Kier alpha value is -2.80. The molecule has 0 aromatic heterocycles. The van der Waals surface area contributed by atoms with Gasteiger partial charge in [-0.1, -0.05) is 99.5 Å². The van der Waals surface area contributed by atoms with E-state index in [1.165, 1.54) is 6.92 Å². The molecule has 0 unspecified atom stereocenters. The van der Waals surface area contributed by atoms with Gasteiger partial charge in [0.25, 0.3) is 5.91 Å². The molecule has 4 aromatic rings. The number of nitrogens with zero attached hydrogens (tertiary/aromatic N) is 1. The Morgan fingerprint density at radius 1 is 0.849 bits per heavy atom. The van der Waals surface area contributed by atoms with Crippen LogP contribution in [0.25, 0.3) is 21.5 Å². The molecule has 4 aromatic carbocycles. The first-order valence-corrected chi connectivity index (χ1v) is 20.6. The molecule has 4 rings (SSSR count). The average molecular weight is 872 g/mol. The van der Waals surface area contributed by atoms with Crippen molar-refractivity contribution in [3.63, 3.8) is 0 Å². The van der Waals surface area contributed by atoms with Crippen molar-refractivity contribution in [3.05, 3.63) is 92.9 Å². The van der Waals surface area contributed by atoms with Gasteiger partial charge in [-0.25, -0.2) is 0 Å². The fourth-order valence-electron chi connectivity index (χ4n) is 6.74. The molecule has 0 fully saturated rings. The van der Waals surface area contributed by atoms with Crippen molar-refractivity contribution in [2.24, 2.45) is 17.6 Å². The molecule has 0 bridgehead atoms. The van der Waals surface area contributed by atoms with E-state index < -0.39 is 48.1 Å². The number of fused-ring (bicyclic) bond motifs is 2. The molecule has 3 amide bonds. The van der Waals surface area contributed by atoms with E-state index in [-0.39, 0.29) is 24.5 Å².